The lowest BCUT2D eigenvalue weighted by Gasteiger charge is -2.19. The van der Waals surface area contributed by atoms with E-state index in [1.54, 1.807) is 0 Å². The maximum Gasteiger partial charge on any atom is 0.242 e. The van der Waals surface area contributed by atoms with Crippen molar-refractivity contribution in [2.45, 2.75) is 51.5 Å². The van der Waals surface area contributed by atoms with Crippen LogP contribution in [0.2, 0.25) is 0 Å². The van der Waals surface area contributed by atoms with Crippen LogP contribution in [0, 0.1) is 0 Å². The van der Waals surface area contributed by atoms with E-state index in [9.17, 15) is 14.4 Å². The van der Waals surface area contributed by atoms with Gasteiger partial charge in [-0.25, -0.2) is 0 Å². The van der Waals surface area contributed by atoms with Crippen LogP contribution in [-0.4, -0.2) is 156 Å². The predicted molar refractivity (Wildman–Crippen MR) is 176 cm³/mol. The number of hydrogen-bond donors (Lipinski definition) is 5. The number of nitrogens with one attached hydrogen (secondary N) is 3. The smallest absolute Gasteiger partial charge is 0.242 e. The van der Waals surface area contributed by atoms with Crippen LogP contribution in [0.25, 0.3) is 0 Å². The van der Waals surface area contributed by atoms with Gasteiger partial charge in [-0.3, -0.25) is 14.4 Å². The molecular formula is C31H63N5O11. The molecule has 278 valence electrons. The standard InChI is InChI=1S/C31H63N5O11/c1-2-12-40-18-24-46-26-27-47-25-23-45-17-11-35-31(39)28(36-30(38)7-14-42-20-22-44-16-9-33)5-3-4-10-34-29(37)6-13-41-19-21-43-15-8-32/h28H,2-27,32-33H2,1H3,(H,34,37)(H,35,39)(H,36,38). The van der Waals surface area contributed by atoms with Crippen LogP contribution in [0.3, 0.4) is 0 Å². The molecule has 0 aromatic carbocycles. The molecular weight excluding hydrogens is 618 g/mol. The van der Waals surface area contributed by atoms with Crippen molar-refractivity contribution in [2.75, 3.05) is 132 Å². The number of nitrogens with two attached hydrogens (primary N) is 2. The molecule has 0 radical (unpaired) electrons. The highest BCUT2D eigenvalue weighted by Gasteiger charge is 2.20. The number of amides is 3. The molecule has 0 spiro atoms. The Labute approximate surface area is 280 Å². The van der Waals surface area contributed by atoms with Gasteiger partial charge in [0.15, 0.2) is 0 Å². The lowest BCUT2D eigenvalue weighted by Crippen LogP contribution is -2.47. The average Bonchev–Trinajstić information content (AvgIpc) is 3.06. The maximum absolute atomic E-state index is 12.9. The third-order valence-corrected chi connectivity index (χ3v) is 6.12. The zero-order valence-electron chi connectivity index (χ0n) is 28.6. The molecule has 0 saturated carbocycles. The summed E-state index contributed by atoms with van der Waals surface area (Å²) in [6.07, 6.45) is 3.02. The first-order valence-electron chi connectivity index (χ1n) is 16.9. The SMILES string of the molecule is CCCOCCOCCOCCOCCNC(=O)C(CCCCNC(=O)CCOCCOCCN)NC(=O)CCOCCOCCN. The Morgan fingerprint density at radius 1 is 0.511 bits per heavy atom. The fourth-order valence-corrected chi connectivity index (χ4v) is 3.74. The summed E-state index contributed by atoms with van der Waals surface area (Å²) in [7, 11) is 0. The molecule has 0 aliphatic rings. The van der Waals surface area contributed by atoms with Crippen molar-refractivity contribution in [1.29, 1.82) is 0 Å². The second kappa shape index (κ2) is 36.8. The molecule has 3 amide bonds. The zero-order chi connectivity index (χ0) is 34.5. The minimum atomic E-state index is -0.725. The van der Waals surface area contributed by atoms with Gasteiger partial charge in [-0.1, -0.05) is 6.92 Å². The highest BCUT2D eigenvalue weighted by molar-refractivity contribution is 5.87. The molecule has 0 aromatic rings. The Morgan fingerprint density at radius 3 is 1.47 bits per heavy atom. The summed E-state index contributed by atoms with van der Waals surface area (Å²) < 4.78 is 43.0. The molecule has 1 unspecified atom stereocenters. The Bertz CT molecular complexity index is 725. The topological polar surface area (TPSA) is 213 Å². The minimum Gasteiger partial charge on any atom is -0.379 e. The number of carbonyl (C=O) groups is 3. The van der Waals surface area contributed by atoms with Crippen molar-refractivity contribution in [2.24, 2.45) is 11.5 Å². The first-order valence-corrected chi connectivity index (χ1v) is 16.9. The average molecular weight is 682 g/mol. The van der Waals surface area contributed by atoms with Crippen molar-refractivity contribution >= 4 is 17.7 Å². The first kappa shape index (κ1) is 45.0. The van der Waals surface area contributed by atoms with E-state index in [1.165, 1.54) is 0 Å². The van der Waals surface area contributed by atoms with Crippen LogP contribution in [0.4, 0.5) is 0 Å². The van der Waals surface area contributed by atoms with E-state index in [0.717, 1.165) is 13.0 Å². The zero-order valence-corrected chi connectivity index (χ0v) is 28.6. The van der Waals surface area contributed by atoms with Gasteiger partial charge in [0.25, 0.3) is 0 Å². The summed E-state index contributed by atoms with van der Waals surface area (Å²) in [5.41, 5.74) is 10.7. The van der Waals surface area contributed by atoms with Gasteiger partial charge < -0.3 is 65.3 Å². The van der Waals surface area contributed by atoms with E-state index in [0.29, 0.717) is 131 Å². The van der Waals surface area contributed by atoms with Crippen molar-refractivity contribution in [3.8, 4) is 0 Å². The Kier molecular flexibility index (Phi) is 35.3. The fraction of sp³-hybridized carbons (Fsp3) is 0.903. The summed E-state index contributed by atoms with van der Waals surface area (Å²) in [5.74, 6) is -0.706. The minimum absolute atomic E-state index is 0.110. The quantitative estimate of drug-likeness (QED) is 0.0505. The van der Waals surface area contributed by atoms with E-state index in [1.807, 2.05) is 0 Å². The molecule has 0 rings (SSSR count). The lowest BCUT2D eigenvalue weighted by molar-refractivity contribution is -0.130. The van der Waals surface area contributed by atoms with Crippen LogP contribution in [0.5, 0.6) is 0 Å². The lowest BCUT2D eigenvalue weighted by atomic mass is 10.1. The highest BCUT2D eigenvalue weighted by Crippen LogP contribution is 2.03. The highest BCUT2D eigenvalue weighted by atomic mass is 16.6. The third kappa shape index (κ3) is 33.7. The van der Waals surface area contributed by atoms with Crippen LogP contribution in [-0.2, 0) is 52.3 Å². The molecule has 0 aliphatic heterocycles. The molecule has 0 aliphatic carbocycles. The Morgan fingerprint density at radius 2 is 0.957 bits per heavy atom. The second-order valence-electron chi connectivity index (χ2n) is 10.2. The molecule has 0 heterocycles. The first-order chi connectivity index (χ1) is 23.0. The van der Waals surface area contributed by atoms with Gasteiger partial charge >= 0.3 is 0 Å². The molecule has 0 aromatic heterocycles. The van der Waals surface area contributed by atoms with Gasteiger partial charge in [0, 0.05) is 45.6 Å². The summed E-state index contributed by atoms with van der Waals surface area (Å²) in [5, 5.41) is 8.46. The van der Waals surface area contributed by atoms with E-state index in [2.05, 4.69) is 22.9 Å². The van der Waals surface area contributed by atoms with E-state index in [4.69, 9.17) is 49.4 Å². The van der Waals surface area contributed by atoms with Crippen LogP contribution < -0.4 is 27.4 Å². The summed E-state index contributed by atoms with van der Waals surface area (Å²) in [4.78, 5) is 37.4. The van der Waals surface area contributed by atoms with Crippen molar-refractivity contribution in [3.63, 3.8) is 0 Å². The molecule has 7 N–H and O–H groups in total. The summed E-state index contributed by atoms with van der Waals surface area (Å²) in [6, 6.07) is -0.725. The van der Waals surface area contributed by atoms with Gasteiger partial charge in [-0.05, 0) is 25.7 Å². The van der Waals surface area contributed by atoms with Gasteiger partial charge in [0.2, 0.25) is 17.7 Å². The van der Waals surface area contributed by atoms with Crippen molar-refractivity contribution < 1.29 is 52.3 Å². The van der Waals surface area contributed by atoms with Crippen LogP contribution in [0.1, 0.15) is 45.4 Å². The van der Waals surface area contributed by atoms with Gasteiger partial charge in [-0.2, -0.15) is 0 Å². The number of carbonyl (C=O) groups excluding carboxylic acids is 3. The largest absolute Gasteiger partial charge is 0.379 e. The normalized spacial score (nSPS) is 11.8. The monoisotopic (exact) mass is 681 g/mol. The molecule has 1 atom stereocenters. The Hall–Kier alpha value is -1.99. The van der Waals surface area contributed by atoms with Crippen molar-refractivity contribution in [3.05, 3.63) is 0 Å². The van der Waals surface area contributed by atoms with Crippen LogP contribution >= 0.6 is 0 Å². The number of unbranched alkanes of at least 4 members (excludes halogenated alkanes) is 1. The van der Waals surface area contributed by atoms with Gasteiger partial charge in [0.1, 0.15) is 6.04 Å². The predicted octanol–water partition coefficient (Wildman–Crippen LogP) is -0.886. The molecule has 47 heavy (non-hydrogen) atoms. The third-order valence-electron chi connectivity index (χ3n) is 6.12. The number of rotatable bonds is 37. The van der Waals surface area contributed by atoms with E-state index < -0.39 is 6.04 Å². The molecule has 0 fully saturated rings. The van der Waals surface area contributed by atoms with E-state index >= 15 is 0 Å². The second-order valence-corrected chi connectivity index (χ2v) is 10.2. The molecule has 16 nitrogen and oxygen atoms in total. The fourth-order valence-electron chi connectivity index (χ4n) is 3.74. The van der Waals surface area contributed by atoms with E-state index in [-0.39, 0.29) is 43.7 Å². The molecule has 16 heteroatoms. The molecule has 0 saturated heterocycles. The van der Waals surface area contributed by atoms with Gasteiger partial charge in [0.05, 0.1) is 99.1 Å². The van der Waals surface area contributed by atoms with Gasteiger partial charge in [-0.15, -0.1) is 0 Å². The number of hydrogen-bond acceptors (Lipinski definition) is 13. The Balaban J connectivity index is 4.26. The number of ether oxygens (including phenoxy) is 8. The molecule has 0 bridgehead atoms. The van der Waals surface area contributed by atoms with Crippen molar-refractivity contribution in [1.82, 2.24) is 16.0 Å². The summed E-state index contributed by atoms with van der Waals surface area (Å²) in [6.45, 7) is 10.6. The van der Waals surface area contributed by atoms with Crippen LogP contribution in [0.15, 0.2) is 0 Å². The summed E-state index contributed by atoms with van der Waals surface area (Å²) >= 11 is 0. The maximum atomic E-state index is 12.9.